The van der Waals surface area contributed by atoms with E-state index >= 15 is 0 Å². The molecule has 29 heavy (non-hydrogen) atoms. The molecule has 0 radical (unpaired) electrons. The Bertz CT molecular complexity index is 866. The summed E-state index contributed by atoms with van der Waals surface area (Å²) in [5.74, 6) is 1.10. The fraction of sp³-hybridized carbons (Fsp3) is 0.550. The van der Waals surface area contributed by atoms with Crippen molar-refractivity contribution in [1.29, 1.82) is 0 Å². The van der Waals surface area contributed by atoms with Gasteiger partial charge in [-0.05, 0) is 36.9 Å². The zero-order valence-corrected chi connectivity index (χ0v) is 18.2. The first kappa shape index (κ1) is 21.9. The molecule has 0 spiro atoms. The molecule has 7 nitrogen and oxygen atoms in total. The number of nitro groups is 1. The van der Waals surface area contributed by atoms with Crippen LogP contribution in [-0.4, -0.2) is 39.1 Å². The molecule has 1 aromatic heterocycles. The summed E-state index contributed by atoms with van der Waals surface area (Å²) in [4.78, 5) is 17.1. The number of rotatable bonds is 8. The Labute approximate surface area is 180 Å². The summed E-state index contributed by atoms with van der Waals surface area (Å²) in [5.41, 5.74) is 0.924. The molecule has 0 amide bonds. The highest BCUT2D eigenvalue weighted by molar-refractivity contribution is 6.35. The van der Waals surface area contributed by atoms with E-state index in [0.29, 0.717) is 40.8 Å². The van der Waals surface area contributed by atoms with Crippen LogP contribution in [0.25, 0.3) is 0 Å². The minimum absolute atomic E-state index is 0.0504. The maximum Gasteiger partial charge on any atom is 0.342 e. The van der Waals surface area contributed by atoms with Crippen LogP contribution < -0.4 is 4.74 Å². The quantitative estimate of drug-likeness (QED) is 0.413. The molecule has 158 valence electrons. The number of benzene rings is 1. The molecule has 2 aromatic rings. The minimum atomic E-state index is -0.445. The van der Waals surface area contributed by atoms with Crippen molar-refractivity contribution in [1.82, 2.24) is 14.5 Å². The van der Waals surface area contributed by atoms with Crippen molar-refractivity contribution < 1.29 is 9.66 Å². The molecule has 1 aliphatic carbocycles. The largest absolute Gasteiger partial charge is 0.488 e. The normalized spacial score (nSPS) is 15.1. The van der Waals surface area contributed by atoms with E-state index in [0.717, 1.165) is 5.56 Å². The van der Waals surface area contributed by atoms with Gasteiger partial charge in [0, 0.05) is 30.1 Å². The average Bonchev–Trinajstić information content (AvgIpc) is 3.05. The molecule has 0 aliphatic heterocycles. The van der Waals surface area contributed by atoms with E-state index in [4.69, 9.17) is 27.9 Å². The Morgan fingerprint density at radius 1 is 1.31 bits per heavy atom. The highest BCUT2D eigenvalue weighted by Gasteiger charge is 2.21. The first-order valence-electron chi connectivity index (χ1n) is 9.84. The van der Waals surface area contributed by atoms with Gasteiger partial charge in [0.1, 0.15) is 25.1 Å². The third kappa shape index (κ3) is 5.41. The van der Waals surface area contributed by atoms with E-state index < -0.39 is 4.92 Å². The summed E-state index contributed by atoms with van der Waals surface area (Å²) < 4.78 is 7.51. The Morgan fingerprint density at radius 2 is 2.03 bits per heavy atom. The van der Waals surface area contributed by atoms with Gasteiger partial charge in [-0.15, -0.1) is 0 Å². The summed E-state index contributed by atoms with van der Waals surface area (Å²) in [6, 6.07) is 4.09. The predicted molar refractivity (Wildman–Crippen MR) is 114 cm³/mol. The van der Waals surface area contributed by atoms with Crippen LogP contribution in [0.4, 0.5) is 5.82 Å². The second-order valence-electron chi connectivity index (χ2n) is 7.50. The molecule has 0 unspecified atom stereocenters. The monoisotopic (exact) mass is 440 g/mol. The maximum absolute atomic E-state index is 11.1. The molecule has 1 saturated carbocycles. The fourth-order valence-electron chi connectivity index (χ4n) is 3.93. The van der Waals surface area contributed by atoms with Gasteiger partial charge in [0.15, 0.2) is 5.82 Å². The molecule has 3 rings (SSSR count). The van der Waals surface area contributed by atoms with Crippen molar-refractivity contribution in [2.75, 3.05) is 13.7 Å². The SMILES string of the molecule is Cc1ncc([N+](=O)[O-])n1CCOc1c(Cl)cc(Cl)cc1CN(C)C1CCCCC1. The number of aryl methyl sites for hydroxylation is 1. The molecule has 0 N–H and O–H groups in total. The molecule has 1 heterocycles. The Morgan fingerprint density at radius 3 is 2.72 bits per heavy atom. The number of imidazole rings is 1. The molecule has 1 aliphatic rings. The first-order valence-corrected chi connectivity index (χ1v) is 10.6. The van der Waals surface area contributed by atoms with Gasteiger partial charge in [0.2, 0.25) is 0 Å². The third-order valence-electron chi connectivity index (χ3n) is 5.49. The summed E-state index contributed by atoms with van der Waals surface area (Å²) in [6.07, 6.45) is 7.49. The topological polar surface area (TPSA) is 73.4 Å². The van der Waals surface area contributed by atoms with Crippen molar-refractivity contribution in [2.45, 2.75) is 58.2 Å². The molecule has 1 aromatic carbocycles. The van der Waals surface area contributed by atoms with Crippen LogP contribution in [0, 0.1) is 17.0 Å². The number of hydrogen-bond acceptors (Lipinski definition) is 5. The average molecular weight is 441 g/mol. The fourth-order valence-corrected chi connectivity index (χ4v) is 4.52. The van der Waals surface area contributed by atoms with Gasteiger partial charge in [-0.25, -0.2) is 9.55 Å². The second-order valence-corrected chi connectivity index (χ2v) is 8.35. The highest BCUT2D eigenvalue weighted by atomic mass is 35.5. The van der Waals surface area contributed by atoms with Gasteiger partial charge < -0.3 is 14.9 Å². The smallest absolute Gasteiger partial charge is 0.342 e. The maximum atomic E-state index is 11.1. The van der Waals surface area contributed by atoms with Gasteiger partial charge >= 0.3 is 5.82 Å². The van der Waals surface area contributed by atoms with Crippen molar-refractivity contribution in [3.05, 3.63) is 49.9 Å². The van der Waals surface area contributed by atoms with E-state index in [9.17, 15) is 10.1 Å². The number of hydrogen-bond donors (Lipinski definition) is 0. The molecular weight excluding hydrogens is 415 g/mol. The summed E-state index contributed by atoms with van der Waals surface area (Å²) >= 11 is 12.7. The molecule has 0 atom stereocenters. The van der Waals surface area contributed by atoms with Gasteiger partial charge in [-0.1, -0.05) is 42.5 Å². The summed E-state index contributed by atoms with van der Waals surface area (Å²) in [5, 5.41) is 12.2. The minimum Gasteiger partial charge on any atom is -0.488 e. The van der Waals surface area contributed by atoms with Gasteiger partial charge in [-0.3, -0.25) is 4.90 Å². The van der Waals surface area contributed by atoms with Crippen LogP contribution in [0.1, 0.15) is 43.5 Å². The van der Waals surface area contributed by atoms with Gasteiger partial charge in [0.25, 0.3) is 0 Å². The summed E-state index contributed by atoms with van der Waals surface area (Å²) in [6.45, 7) is 2.95. The van der Waals surface area contributed by atoms with Crippen LogP contribution in [0.5, 0.6) is 5.75 Å². The van der Waals surface area contributed by atoms with Crippen LogP contribution in [0.15, 0.2) is 18.3 Å². The van der Waals surface area contributed by atoms with Crippen LogP contribution >= 0.6 is 23.2 Å². The Hall–Kier alpha value is -1.83. The zero-order chi connectivity index (χ0) is 21.0. The molecule has 9 heteroatoms. The highest BCUT2D eigenvalue weighted by Crippen LogP contribution is 2.34. The molecule has 1 fully saturated rings. The zero-order valence-electron chi connectivity index (χ0n) is 16.7. The first-order chi connectivity index (χ1) is 13.9. The van der Waals surface area contributed by atoms with E-state index in [1.165, 1.54) is 42.9 Å². The van der Waals surface area contributed by atoms with Crippen LogP contribution in [-0.2, 0) is 13.1 Å². The summed E-state index contributed by atoms with van der Waals surface area (Å²) in [7, 11) is 2.12. The van der Waals surface area contributed by atoms with E-state index in [1.807, 2.05) is 6.07 Å². The number of nitrogens with zero attached hydrogens (tertiary/aromatic N) is 4. The van der Waals surface area contributed by atoms with Crippen LogP contribution in [0.2, 0.25) is 10.0 Å². The third-order valence-corrected chi connectivity index (χ3v) is 5.98. The second kappa shape index (κ2) is 9.78. The van der Waals surface area contributed by atoms with Crippen molar-refractivity contribution in [2.24, 2.45) is 0 Å². The lowest BCUT2D eigenvalue weighted by molar-refractivity contribution is -0.392. The molecule has 0 bridgehead atoms. The van der Waals surface area contributed by atoms with E-state index in [2.05, 4.69) is 16.9 Å². The van der Waals surface area contributed by atoms with Crippen molar-refractivity contribution >= 4 is 29.0 Å². The lowest BCUT2D eigenvalue weighted by atomic mass is 9.94. The number of aromatic nitrogens is 2. The lowest BCUT2D eigenvalue weighted by Gasteiger charge is -2.31. The Balaban J connectivity index is 1.72. The van der Waals surface area contributed by atoms with Gasteiger partial charge in [0.05, 0.1) is 5.02 Å². The van der Waals surface area contributed by atoms with E-state index in [1.54, 1.807) is 13.0 Å². The predicted octanol–water partition coefficient (Wildman–Crippen LogP) is 5.25. The molecular formula is C20H26Cl2N4O3. The van der Waals surface area contributed by atoms with E-state index in [-0.39, 0.29) is 12.4 Å². The molecule has 0 saturated heterocycles. The van der Waals surface area contributed by atoms with Gasteiger partial charge in [-0.2, -0.15) is 0 Å². The lowest BCUT2D eigenvalue weighted by Crippen LogP contribution is -2.33. The van der Waals surface area contributed by atoms with Crippen molar-refractivity contribution in [3.63, 3.8) is 0 Å². The number of halogens is 2. The standard InChI is InChI=1S/C20H26Cl2N4O3/c1-14-23-12-19(26(27)28)25(14)8-9-29-20-15(10-16(21)11-18(20)22)13-24(2)17-6-4-3-5-7-17/h10-12,17H,3-9,13H2,1-2H3. The Kier molecular flexibility index (Phi) is 7.38. The number of ether oxygens (including phenoxy) is 1. The van der Waals surface area contributed by atoms with Crippen LogP contribution in [0.3, 0.4) is 0 Å². The van der Waals surface area contributed by atoms with Crippen molar-refractivity contribution in [3.8, 4) is 5.75 Å².